The zero-order chi connectivity index (χ0) is 11.3. The molecule has 0 fully saturated rings. The SMILES string of the molecule is CC(C)NCCNC(=O)c1nccn1C. The van der Waals surface area contributed by atoms with E-state index in [0.717, 1.165) is 6.54 Å². The van der Waals surface area contributed by atoms with Gasteiger partial charge in [0.1, 0.15) is 0 Å². The molecule has 84 valence electrons. The third kappa shape index (κ3) is 3.71. The van der Waals surface area contributed by atoms with Crippen LogP contribution in [0.1, 0.15) is 24.5 Å². The van der Waals surface area contributed by atoms with Gasteiger partial charge in [-0.3, -0.25) is 4.79 Å². The molecule has 0 aliphatic heterocycles. The fourth-order valence-electron chi connectivity index (χ4n) is 1.20. The Balaban J connectivity index is 2.28. The van der Waals surface area contributed by atoms with Crippen molar-refractivity contribution in [2.75, 3.05) is 13.1 Å². The van der Waals surface area contributed by atoms with E-state index in [9.17, 15) is 4.79 Å². The number of hydrogen-bond donors (Lipinski definition) is 2. The van der Waals surface area contributed by atoms with Gasteiger partial charge in [0.15, 0.2) is 5.82 Å². The topological polar surface area (TPSA) is 58.9 Å². The minimum atomic E-state index is -0.131. The van der Waals surface area contributed by atoms with Gasteiger partial charge in [-0.15, -0.1) is 0 Å². The highest BCUT2D eigenvalue weighted by molar-refractivity contribution is 5.90. The van der Waals surface area contributed by atoms with Gasteiger partial charge in [0.25, 0.3) is 5.91 Å². The molecule has 0 radical (unpaired) electrons. The minimum Gasteiger partial charge on any atom is -0.348 e. The Hall–Kier alpha value is -1.36. The Bertz CT molecular complexity index is 319. The van der Waals surface area contributed by atoms with Gasteiger partial charge in [0, 0.05) is 38.6 Å². The van der Waals surface area contributed by atoms with Gasteiger partial charge in [-0.2, -0.15) is 0 Å². The first-order valence-electron chi connectivity index (χ1n) is 5.10. The number of nitrogens with one attached hydrogen (secondary N) is 2. The van der Waals surface area contributed by atoms with Gasteiger partial charge in [-0.05, 0) is 0 Å². The van der Waals surface area contributed by atoms with Crippen molar-refractivity contribution in [1.29, 1.82) is 0 Å². The van der Waals surface area contributed by atoms with Gasteiger partial charge in [0.05, 0.1) is 0 Å². The second kappa shape index (κ2) is 5.50. The molecule has 15 heavy (non-hydrogen) atoms. The standard InChI is InChI=1S/C10H18N4O/c1-8(2)11-4-5-13-10(15)9-12-6-7-14(9)3/h6-8,11H,4-5H2,1-3H3,(H,13,15). The first-order valence-corrected chi connectivity index (χ1v) is 5.10. The summed E-state index contributed by atoms with van der Waals surface area (Å²) in [7, 11) is 1.80. The van der Waals surface area contributed by atoms with E-state index >= 15 is 0 Å². The molecule has 5 nitrogen and oxygen atoms in total. The smallest absolute Gasteiger partial charge is 0.287 e. The van der Waals surface area contributed by atoms with Crippen LogP contribution in [-0.4, -0.2) is 34.6 Å². The average Bonchev–Trinajstić information content (AvgIpc) is 2.58. The number of nitrogens with zero attached hydrogens (tertiary/aromatic N) is 2. The van der Waals surface area contributed by atoms with Crippen LogP contribution in [0.15, 0.2) is 12.4 Å². The summed E-state index contributed by atoms with van der Waals surface area (Å²) in [6.45, 7) is 5.53. The minimum absolute atomic E-state index is 0.131. The van der Waals surface area contributed by atoms with Crippen LogP contribution in [-0.2, 0) is 7.05 Å². The summed E-state index contributed by atoms with van der Waals surface area (Å²) in [6, 6.07) is 0.440. The molecule has 1 heterocycles. The number of aryl methyl sites for hydroxylation is 1. The highest BCUT2D eigenvalue weighted by Crippen LogP contribution is 1.92. The summed E-state index contributed by atoms with van der Waals surface area (Å²) in [5.41, 5.74) is 0. The fourth-order valence-corrected chi connectivity index (χ4v) is 1.20. The zero-order valence-corrected chi connectivity index (χ0v) is 9.45. The predicted molar refractivity (Wildman–Crippen MR) is 58.7 cm³/mol. The van der Waals surface area contributed by atoms with Crippen molar-refractivity contribution >= 4 is 5.91 Å². The third-order valence-electron chi connectivity index (χ3n) is 1.99. The molecule has 0 aromatic carbocycles. The van der Waals surface area contributed by atoms with Gasteiger partial charge in [-0.25, -0.2) is 4.98 Å². The van der Waals surface area contributed by atoms with Crippen LogP contribution in [0, 0.1) is 0 Å². The molecule has 0 saturated heterocycles. The van der Waals surface area contributed by atoms with Crippen LogP contribution >= 0.6 is 0 Å². The lowest BCUT2D eigenvalue weighted by atomic mass is 10.4. The molecule has 0 spiro atoms. The number of hydrogen-bond acceptors (Lipinski definition) is 3. The summed E-state index contributed by atoms with van der Waals surface area (Å²) >= 11 is 0. The second-order valence-corrected chi connectivity index (χ2v) is 3.73. The van der Waals surface area contributed by atoms with E-state index in [2.05, 4.69) is 29.5 Å². The van der Waals surface area contributed by atoms with Gasteiger partial charge < -0.3 is 15.2 Å². The third-order valence-corrected chi connectivity index (χ3v) is 1.99. The lowest BCUT2D eigenvalue weighted by molar-refractivity contribution is 0.0940. The summed E-state index contributed by atoms with van der Waals surface area (Å²) in [6.07, 6.45) is 3.36. The molecule has 0 aliphatic rings. The largest absolute Gasteiger partial charge is 0.348 e. The van der Waals surface area contributed by atoms with Crippen LogP contribution in [0.5, 0.6) is 0 Å². The van der Waals surface area contributed by atoms with Gasteiger partial charge in [-0.1, -0.05) is 13.8 Å². The zero-order valence-electron chi connectivity index (χ0n) is 9.45. The molecule has 0 unspecified atom stereocenters. The van der Waals surface area contributed by atoms with Gasteiger partial charge >= 0.3 is 0 Å². The number of rotatable bonds is 5. The molecule has 1 aromatic heterocycles. The van der Waals surface area contributed by atoms with Crippen LogP contribution < -0.4 is 10.6 Å². The molecule has 5 heteroatoms. The van der Waals surface area contributed by atoms with Crippen molar-refractivity contribution in [1.82, 2.24) is 20.2 Å². The van der Waals surface area contributed by atoms with Crippen molar-refractivity contribution in [3.8, 4) is 0 Å². The number of imidazole rings is 1. The van der Waals surface area contributed by atoms with E-state index in [1.54, 1.807) is 24.0 Å². The molecular formula is C10H18N4O. The number of carbonyl (C=O) groups is 1. The van der Waals surface area contributed by atoms with E-state index in [1.165, 1.54) is 0 Å². The maximum atomic E-state index is 11.5. The van der Waals surface area contributed by atoms with Crippen LogP contribution in [0.25, 0.3) is 0 Å². The van der Waals surface area contributed by atoms with E-state index in [0.29, 0.717) is 18.4 Å². The van der Waals surface area contributed by atoms with Crippen molar-refractivity contribution in [3.05, 3.63) is 18.2 Å². The number of carbonyl (C=O) groups excluding carboxylic acids is 1. The summed E-state index contributed by atoms with van der Waals surface area (Å²) < 4.78 is 1.70. The second-order valence-electron chi connectivity index (χ2n) is 3.73. The quantitative estimate of drug-likeness (QED) is 0.680. The van der Waals surface area contributed by atoms with E-state index in [1.807, 2.05) is 0 Å². The van der Waals surface area contributed by atoms with Crippen molar-refractivity contribution < 1.29 is 4.79 Å². The maximum absolute atomic E-state index is 11.5. The van der Waals surface area contributed by atoms with Crippen LogP contribution in [0.4, 0.5) is 0 Å². The first kappa shape index (κ1) is 11.7. The average molecular weight is 210 g/mol. The van der Waals surface area contributed by atoms with Gasteiger partial charge in [0.2, 0.25) is 0 Å². The Morgan fingerprint density at radius 1 is 1.53 bits per heavy atom. The number of aromatic nitrogens is 2. The highest BCUT2D eigenvalue weighted by Gasteiger charge is 2.08. The lowest BCUT2D eigenvalue weighted by Gasteiger charge is -2.08. The maximum Gasteiger partial charge on any atom is 0.287 e. The molecule has 0 bridgehead atoms. The number of amides is 1. The van der Waals surface area contributed by atoms with Crippen LogP contribution in [0.2, 0.25) is 0 Å². The summed E-state index contributed by atoms with van der Waals surface area (Å²) in [5, 5.41) is 6.02. The summed E-state index contributed by atoms with van der Waals surface area (Å²) in [5.74, 6) is 0.313. The van der Waals surface area contributed by atoms with Crippen molar-refractivity contribution in [2.45, 2.75) is 19.9 Å². The molecule has 0 saturated carbocycles. The Morgan fingerprint density at radius 3 is 2.80 bits per heavy atom. The molecule has 0 aliphatic carbocycles. The van der Waals surface area contributed by atoms with Crippen LogP contribution in [0.3, 0.4) is 0 Å². The monoisotopic (exact) mass is 210 g/mol. The normalized spacial score (nSPS) is 10.7. The molecule has 0 atom stereocenters. The van der Waals surface area contributed by atoms with E-state index in [-0.39, 0.29) is 5.91 Å². The van der Waals surface area contributed by atoms with Crippen molar-refractivity contribution in [2.24, 2.45) is 7.05 Å². The lowest BCUT2D eigenvalue weighted by Crippen LogP contribution is -2.35. The molecular weight excluding hydrogens is 192 g/mol. The Morgan fingerprint density at radius 2 is 2.27 bits per heavy atom. The van der Waals surface area contributed by atoms with E-state index in [4.69, 9.17) is 0 Å². The highest BCUT2D eigenvalue weighted by atomic mass is 16.2. The summed E-state index contributed by atoms with van der Waals surface area (Å²) in [4.78, 5) is 15.5. The Kier molecular flexibility index (Phi) is 4.30. The molecule has 1 amide bonds. The fraction of sp³-hybridized carbons (Fsp3) is 0.600. The molecule has 1 rings (SSSR count). The molecule has 1 aromatic rings. The Labute approximate surface area is 89.9 Å². The predicted octanol–water partition coefficient (Wildman–Crippen LogP) is 0.148. The molecule has 2 N–H and O–H groups in total. The van der Waals surface area contributed by atoms with E-state index < -0.39 is 0 Å². The van der Waals surface area contributed by atoms with Crippen molar-refractivity contribution in [3.63, 3.8) is 0 Å². The first-order chi connectivity index (χ1) is 7.11.